The molecular formula is C17H19F2NO2S. The first kappa shape index (κ1) is 17.6. The van der Waals surface area contributed by atoms with Gasteiger partial charge in [-0.05, 0) is 48.9 Å². The van der Waals surface area contributed by atoms with Crippen LogP contribution in [0.25, 0.3) is 0 Å². The summed E-state index contributed by atoms with van der Waals surface area (Å²) in [7, 11) is 0. The summed E-state index contributed by atoms with van der Waals surface area (Å²) < 4.78 is 25.9. The molecule has 0 saturated heterocycles. The summed E-state index contributed by atoms with van der Waals surface area (Å²) in [4.78, 5) is 12.6. The van der Waals surface area contributed by atoms with Gasteiger partial charge >= 0.3 is 0 Å². The van der Waals surface area contributed by atoms with E-state index in [9.17, 15) is 18.7 Å². The smallest absolute Gasteiger partial charge is 0.220 e. The number of thiophene rings is 1. The molecule has 1 aromatic heterocycles. The third kappa shape index (κ3) is 5.11. The van der Waals surface area contributed by atoms with Gasteiger partial charge in [-0.2, -0.15) is 0 Å². The van der Waals surface area contributed by atoms with Gasteiger partial charge in [-0.25, -0.2) is 8.78 Å². The van der Waals surface area contributed by atoms with Crippen LogP contribution in [0.4, 0.5) is 8.78 Å². The summed E-state index contributed by atoms with van der Waals surface area (Å²) >= 11 is 1.43. The molecule has 0 aliphatic carbocycles. The van der Waals surface area contributed by atoms with Crippen LogP contribution in [0.1, 0.15) is 30.2 Å². The standard InChI is InChI=1S/C17H19F2NO2S/c1-17(22,15-5-3-9-23-15)11-20-16(21)6-2-4-12-7-8-13(18)14(19)10-12/h3,5,7-10,22H,2,4,6,11H2,1H3,(H,20,21). The summed E-state index contributed by atoms with van der Waals surface area (Å²) in [6.07, 6.45) is 1.28. The van der Waals surface area contributed by atoms with E-state index in [1.165, 1.54) is 17.4 Å². The molecule has 1 heterocycles. The molecule has 2 rings (SSSR count). The highest BCUT2D eigenvalue weighted by molar-refractivity contribution is 7.10. The second-order valence-corrected chi connectivity index (χ2v) is 6.58. The minimum Gasteiger partial charge on any atom is -0.383 e. The van der Waals surface area contributed by atoms with Gasteiger partial charge < -0.3 is 10.4 Å². The van der Waals surface area contributed by atoms with Crippen molar-refractivity contribution in [2.24, 2.45) is 0 Å². The molecule has 1 aromatic carbocycles. The quantitative estimate of drug-likeness (QED) is 0.812. The third-order valence-corrected chi connectivity index (χ3v) is 4.66. The SMILES string of the molecule is CC(O)(CNC(=O)CCCc1ccc(F)c(F)c1)c1cccs1. The number of nitrogens with one attached hydrogen (secondary N) is 1. The fourth-order valence-electron chi connectivity index (χ4n) is 2.18. The molecule has 2 aromatic rings. The zero-order valence-electron chi connectivity index (χ0n) is 12.8. The van der Waals surface area contributed by atoms with Crippen LogP contribution in [0.3, 0.4) is 0 Å². The van der Waals surface area contributed by atoms with E-state index in [1.54, 1.807) is 6.92 Å². The Bertz CT molecular complexity index is 657. The second-order valence-electron chi connectivity index (χ2n) is 5.63. The summed E-state index contributed by atoms with van der Waals surface area (Å²) in [5.41, 5.74) is -0.438. The van der Waals surface area contributed by atoms with Crippen LogP contribution in [0.5, 0.6) is 0 Å². The van der Waals surface area contributed by atoms with Gasteiger partial charge in [-0.1, -0.05) is 12.1 Å². The number of rotatable bonds is 7. The minimum absolute atomic E-state index is 0.136. The first-order valence-electron chi connectivity index (χ1n) is 7.35. The molecule has 1 unspecified atom stereocenters. The summed E-state index contributed by atoms with van der Waals surface area (Å²) in [5.74, 6) is -1.93. The summed E-state index contributed by atoms with van der Waals surface area (Å²) in [5, 5.41) is 14.9. The lowest BCUT2D eigenvalue weighted by Crippen LogP contribution is -2.38. The zero-order chi connectivity index (χ0) is 16.9. The molecule has 0 spiro atoms. The van der Waals surface area contributed by atoms with Crippen LogP contribution in [0.2, 0.25) is 0 Å². The maximum atomic E-state index is 13.1. The molecule has 6 heteroatoms. The van der Waals surface area contributed by atoms with E-state index >= 15 is 0 Å². The molecule has 1 atom stereocenters. The van der Waals surface area contributed by atoms with Crippen molar-refractivity contribution in [3.05, 3.63) is 57.8 Å². The Hall–Kier alpha value is -1.79. The number of aliphatic hydroxyl groups is 1. The molecule has 0 fully saturated rings. The summed E-state index contributed by atoms with van der Waals surface area (Å²) in [6.45, 7) is 1.79. The molecule has 3 nitrogen and oxygen atoms in total. The van der Waals surface area contributed by atoms with E-state index in [1.807, 2.05) is 17.5 Å². The number of hydrogen-bond donors (Lipinski definition) is 2. The zero-order valence-corrected chi connectivity index (χ0v) is 13.6. The van der Waals surface area contributed by atoms with Crippen molar-refractivity contribution < 1.29 is 18.7 Å². The molecule has 23 heavy (non-hydrogen) atoms. The van der Waals surface area contributed by atoms with Gasteiger partial charge in [0.25, 0.3) is 0 Å². The minimum atomic E-state index is -1.09. The molecule has 0 bridgehead atoms. The summed E-state index contributed by atoms with van der Waals surface area (Å²) in [6, 6.07) is 7.41. The Morgan fingerprint density at radius 1 is 1.30 bits per heavy atom. The van der Waals surface area contributed by atoms with Crippen LogP contribution < -0.4 is 5.32 Å². The molecule has 2 N–H and O–H groups in total. The van der Waals surface area contributed by atoms with Crippen LogP contribution in [0, 0.1) is 11.6 Å². The molecule has 0 aliphatic rings. The van der Waals surface area contributed by atoms with Crippen molar-refractivity contribution in [1.29, 1.82) is 0 Å². The first-order valence-corrected chi connectivity index (χ1v) is 8.23. The van der Waals surface area contributed by atoms with Crippen LogP contribution in [-0.4, -0.2) is 17.6 Å². The normalized spacial score (nSPS) is 13.6. The molecule has 0 aliphatic heterocycles. The van der Waals surface area contributed by atoms with Gasteiger partial charge in [0.15, 0.2) is 11.6 Å². The van der Waals surface area contributed by atoms with E-state index in [0.29, 0.717) is 18.4 Å². The average molecular weight is 339 g/mol. The fraction of sp³-hybridized carbons (Fsp3) is 0.353. The van der Waals surface area contributed by atoms with Gasteiger partial charge in [-0.3, -0.25) is 4.79 Å². The van der Waals surface area contributed by atoms with Crippen LogP contribution in [-0.2, 0) is 16.8 Å². The maximum absolute atomic E-state index is 13.1. The van der Waals surface area contributed by atoms with Crippen LogP contribution >= 0.6 is 11.3 Å². The molecule has 0 saturated carbocycles. The Morgan fingerprint density at radius 3 is 2.74 bits per heavy atom. The van der Waals surface area contributed by atoms with Crippen molar-refractivity contribution in [2.75, 3.05) is 6.54 Å². The van der Waals surface area contributed by atoms with E-state index in [-0.39, 0.29) is 18.9 Å². The highest BCUT2D eigenvalue weighted by atomic mass is 32.1. The highest BCUT2D eigenvalue weighted by Crippen LogP contribution is 2.24. The lowest BCUT2D eigenvalue weighted by Gasteiger charge is -2.22. The van der Waals surface area contributed by atoms with E-state index in [0.717, 1.165) is 17.0 Å². The molecule has 1 amide bonds. The van der Waals surface area contributed by atoms with Gasteiger partial charge in [0, 0.05) is 11.3 Å². The number of aryl methyl sites for hydroxylation is 1. The number of hydrogen-bond acceptors (Lipinski definition) is 3. The van der Waals surface area contributed by atoms with Crippen LogP contribution in [0.15, 0.2) is 35.7 Å². The largest absolute Gasteiger partial charge is 0.383 e. The highest BCUT2D eigenvalue weighted by Gasteiger charge is 2.24. The first-order chi connectivity index (χ1) is 10.9. The predicted molar refractivity (Wildman–Crippen MR) is 86.2 cm³/mol. The van der Waals surface area contributed by atoms with Gasteiger partial charge in [0.2, 0.25) is 5.91 Å². The Balaban J connectivity index is 1.74. The number of halogens is 2. The van der Waals surface area contributed by atoms with E-state index in [2.05, 4.69) is 5.32 Å². The van der Waals surface area contributed by atoms with E-state index in [4.69, 9.17) is 0 Å². The van der Waals surface area contributed by atoms with Gasteiger partial charge in [0.05, 0.1) is 6.54 Å². The third-order valence-electron chi connectivity index (χ3n) is 3.54. The van der Waals surface area contributed by atoms with Crippen molar-refractivity contribution in [2.45, 2.75) is 31.8 Å². The second kappa shape index (κ2) is 7.66. The molecule has 0 radical (unpaired) electrons. The lowest BCUT2D eigenvalue weighted by molar-refractivity contribution is -0.122. The number of carbonyl (C=O) groups excluding carboxylic acids is 1. The monoisotopic (exact) mass is 339 g/mol. The number of carbonyl (C=O) groups is 1. The van der Waals surface area contributed by atoms with E-state index < -0.39 is 17.2 Å². The van der Waals surface area contributed by atoms with Crippen molar-refractivity contribution in [3.63, 3.8) is 0 Å². The Kier molecular flexibility index (Phi) is 5.85. The molecule has 124 valence electrons. The van der Waals surface area contributed by atoms with Crippen molar-refractivity contribution in [3.8, 4) is 0 Å². The predicted octanol–water partition coefficient (Wildman–Crippen LogP) is 3.37. The number of amides is 1. The Labute approximate surface area is 138 Å². The average Bonchev–Trinajstić information content (AvgIpc) is 3.04. The fourth-order valence-corrected chi connectivity index (χ4v) is 2.97. The maximum Gasteiger partial charge on any atom is 0.220 e. The Morgan fingerprint density at radius 2 is 2.09 bits per heavy atom. The number of benzene rings is 1. The van der Waals surface area contributed by atoms with Crippen molar-refractivity contribution >= 4 is 17.2 Å². The van der Waals surface area contributed by atoms with Gasteiger partial charge in [0.1, 0.15) is 5.60 Å². The van der Waals surface area contributed by atoms with Crippen molar-refractivity contribution in [1.82, 2.24) is 5.32 Å². The topological polar surface area (TPSA) is 49.3 Å². The molecular weight excluding hydrogens is 320 g/mol. The van der Waals surface area contributed by atoms with Gasteiger partial charge in [-0.15, -0.1) is 11.3 Å². The lowest BCUT2D eigenvalue weighted by atomic mass is 10.0.